The third kappa shape index (κ3) is 3.35. The van der Waals surface area contributed by atoms with Crippen molar-refractivity contribution in [3.05, 3.63) is 10.0 Å². The molecule has 6 heteroatoms. The number of hydrogen-bond donors (Lipinski definition) is 1. The zero-order chi connectivity index (χ0) is 11.3. The van der Waals surface area contributed by atoms with Crippen molar-refractivity contribution in [1.82, 2.24) is 4.98 Å². The number of methoxy groups -OCH3 is 1. The summed E-state index contributed by atoms with van der Waals surface area (Å²) >= 11 is 7.00. The van der Waals surface area contributed by atoms with Crippen LogP contribution in [-0.4, -0.2) is 24.6 Å². The zero-order valence-corrected chi connectivity index (χ0v) is 10.2. The van der Waals surface area contributed by atoms with Gasteiger partial charge in [-0.2, -0.15) is 0 Å². The van der Waals surface area contributed by atoms with Gasteiger partial charge in [-0.3, -0.25) is 0 Å². The highest BCUT2D eigenvalue weighted by Crippen LogP contribution is 2.27. The molecule has 0 saturated heterocycles. The van der Waals surface area contributed by atoms with Crippen LogP contribution in [0.5, 0.6) is 0 Å². The maximum Gasteiger partial charge on any atom is 0.351 e. The van der Waals surface area contributed by atoms with Gasteiger partial charge >= 0.3 is 5.97 Å². The number of thiazole rings is 1. The predicted molar refractivity (Wildman–Crippen MR) is 61.9 cm³/mol. The summed E-state index contributed by atoms with van der Waals surface area (Å²) in [6, 6.07) is 0. The van der Waals surface area contributed by atoms with Gasteiger partial charge in [-0.15, -0.1) is 0 Å². The Bertz CT molecular complexity index is 341. The molecule has 15 heavy (non-hydrogen) atoms. The lowest BCUT2D eigenvalue weighted by molar-refractivity contribution is 0.0606. The first kappa shape index (κ1) is 12.3. The minimum Gasteiger partial charge on any atom is -0.465 e. The number of nitrogens with zero attached hydrogens (tertiary/aromatic N) is 1. The number of nitrogens with one attached hydrogen (secondary N) is 1. The smallest absolute Gasteiger partial charge is 0.351 e. The fraction of sp³-hybridized carbons (Fsp3) is 0.556. The van der Waals surface area contributed by atoms with Gasteiger partial charge in [0.2, 0.25) is 0 Å². The number of rotatable bonds is 5. The first-order valence-corrected chi connectivity index (χ1v) is 5.87. The molecule has 0 aliphatic rings. The number of anilines is 1. The van der Waals surface area contributed by atoms with Crippen molar-refractivity contribution in [2.75, 3.05) is 19.0 Å². The molecule has 0 aliphatic carbocycles. The van der Waals surface area contributed by atoms with Gasteiger partial charge in [0.05, 0.1) is 7.11 Å². The lowest BCUT2D eigenvalue weighted by Crippen LogP contribution is -1.99. The Hall–Kier alpha value is -0.810. The number of carbonyl (C=O) groups excluding carboxylic acids is 1. The second kappa shape index (κ2) is 5.92. The third-order valence-corrected chi connectivity index (χ3v) is 3.14. The minimum atomic E-state index is -0.443. The first-order chi connectivity index (χ1) is 7.19. The molecule has 0 aromatic carbocycles. The summed E-state index contributed by atoms with van der Waals surface area (Å²) in [5.41, 5.74) is 0. The van der Waals surface area contributed by atoms with Crippen molar-refractivity contribution < 1.29 is 9.53 Å². The molecule has 1 N–H and O–H groups in total. The molecule has 0 aliphatic heterocycles. The second-order valence-corrected chi connectivity index (χ2v) is 4.27. The summed E-state index contributed by atoms with van der Waals surface area (Å²) in [4.78, 5) is 15.6. The van der Waals surface area contributed by atoms with Crippen molar-refractivity contribution in [2.24, 2.45) is 0 Å². The molecular weight excluding hydrogens is 236 g/mol. The van der Waals surface area contributed by atoms with Gasteiger partial charge < -0.3 is 10.1 Å². The fourth-order valence-electron chi connectivity index (χ4n) is 0.968. The summed E-state index contributed by atoms with van der Waals surface area (Å²) < 4.78 is 4.58. The van der Waals surface area contributed by atoms with E-state index in [9.17, 15) is 4.79 Å². The SMILES string of the molecule is CCCCNc1nc(Cl)c(C(=O)OC)s1. The van der Waals surface area contributed by atoms with E-state index in [0.717, 1.165) is 19.4 Å². The molecule has 0 atom stereocenters. The Morgan fingerprint density at radius 1 is 1.67 bits per heavy atom. The van der Waals surface area contributed by atoms with E-state index in [1.165, 1.54) is 18.4 Å². The average molecular weight is 249 g/mol. The summed E-state index contributed by atoms with van der Waals surface area (Å²) in [7, 11) is 1.32. The van der Waals surface area contributed by atoms with Crippen LogP contribution in [-0.2, 0) is 4.74 Å². The molecular formula is C9H13ClN2O2S. The van der Waals surface area contributed by atoms with E-state index in [2.05, 4.69) is 22.0 Å². The van der Waals surface area contributed by atoms with E-state index in [4.69, 9.17) is 11.6 Å². The van der Waals surface area contributed by atoms with Gasteiger partial charge in [0, 0.05) is 6.54 Å². The van der Waals surface area contributed by atoms with Crippen LogP contribution < -0.4 is 5.32 Å². The molecule has 0 spiro atoms. The lowest BCUT2D eigenvalue weighted by Gasteiger charge is -1.98. The number of unbranched alkanes of at least 4 members (excludes halogenated alkanes) is 1. The molecule has 0 fully saturated rings. The summed E-state index contributed by atoms with van der Waals surface area (Å²) in [5.74, 6) is -0.443. The normalized spacial score (nSPS) is 10.1. The van der Waals surface area contributed by atoms with E-state index in [0.29, 0.717) is 10.0 Å². The molecule has 1 heterocycles. The van der Waals surface area contributed by atoms with Crippen LogP contribution >= 0.6 is 22.9 Å². The van der Waals surface area contributed by atoms with Crippen LogP contribution in [0.4, 0.5) is 5.13 Å². The van der Waals surface area contributed by atoms with Crippen LogP contribution in [0.1, 0.15) is 29.4 Å². The molecule has 0 amide bonds. The number of carbonyl (C=O) groups is 1. The van der Waals surface area contributed by atoms with E-state index in [1.807, 2.05) is 0 Å². The maximum atomic E-state index is 11.2. The lowest BCUT2D eigenvalue weighted by atomic mass is 10.3. The van der Waals surface area contributed by atoms with E-state index < -0.39 is 5.97 Å². The average Bonchev–Trinajstić information content (AvgIpc) is 2.59. The van der Waals surface area contributed by atoms with Crippen LogP contribution in [0, 0.1) is 0 Å². The number of halogens is 1. The Morgan fingerprint density at radius 2 is 2.40 bits per heavy atom. The van der Waals surface area contributed by atoms with E-state index in [-0.39, 0.29) is 5.15 Å². The van der Waals surface area contributed by atoms with E-state index >= 15 is 0 Å². The zero-order valence-electron chi connectivity index (χ0n) is 8.67. The van der Waals surface area contributed by atoms with Gasteiger partial charge in [-0.05, 0) is 6.42 Å². The van der Waals surface area contributed by atoms with Gasteiger partial charge in [0.1, 0.15) is 0 Å². The van der Waals surface area contributed by atoms with Crippen LogP contribution in [0.2, 0.25) is 5.15 Å². The molecule has 0 saturated carbocycles. The maximum absolute atomic E-state index is 11.2. The molecule has 84 valence electrons. The van der Waals surface area contributed by atoms with Crippen molar-refractivity contribution in [3.8, 4) is 0 Å². The number of esters is 1. The highest BCUT2D eigenvalue weighted by Gasteiger charge is 2.16. The summed E-state index contributed by atoms with van der Waals surface area (Å²) in [6.07, 6.45) is 2.17. The van der Waals surface area contributed by atoms with Crippen molar-refractivity contribution in [2.45, 2.75) is 19.8 Å². The topological polar surface area (TPSA) is 51.2 Å². The fourth-order valence-corrected chi connectivity index (χ4v) is 2.10. The van der Waals surface area contributed by atoms with Gasteiger partial charge in [0.25, 0.3) is 0 Å². The van der Waals surface area contributed by atoms with Crippen LogP contribution in [0.25, 0.3) is 0 Å². The van der Waals surface area contributed by atoms with Crippen molar-refractivity contribution >= 4 is 34.0 Å². The molecule has 4 nitrogen and oxygen atoms in total. The second-order valence-electron chi connectivity index (χ2n) is 2.91. The minimum absolute atomic E-state index is 0.200. The predicted octanol–water partition coefficient (Wildman–Crippen LogP) is 2.80. The van der Waals surface area contributed by atoms with Crippen LogP contribution in [0.15, 0.2) is 0 Å². The molecule has 1 rings (SSSR count). The van der Waals surface area contributed by atoms with Crippen LogP contribution in [0.3, 0.4) is 0 Å². The number of hydrogen-bond acceptors (Lipinski definition) is 5. The highest BCUT2D eigenvalue weighted by molar-refractivity contribution is 7.18. The molecule has 0 bridgehead atoms. The third-order valence-electron chi connectivity index (χ3n) is 1.76. The Balaban J connectivity index is 2.64. The monoisotopic (exact) mass is 248 g/mol. The molecule has 0 radical (unpaired) electrons. The highest BCUT2D eigenvalue weighted by atomic mass is 35.5. The summed E-state index contributed by atoms with van der Waals surface area (Å²) in [5, 5.41) is 3.96. The quantitative estimate of drug-likeness (QED) is 0.643. The Kier molecular flexibility index (Phi) is 4.84. The first-order valence-electron chi connectivity index (χ1n) is 4.67. The summed E-state index contributed by atoms with van der Waals surface area (Å²) in [6.45, 7) is 2.94. The molecule has 0 unspecified atom stereocenters. The standard InChI is InChI=1S/C9H13ClN2O2S/c1-3-4-5-11-9-12-7(10)6(15-9)8(13)14-2/h3-5H2,1-2H3,(H,11,12). The van der Waals surface area contributed by atoms with Gasteiger partial charge in [-0.25, -0.2) is 9.78 Å². The number of ether oxygens (including phenoxy) is 1. The number of aromatic nitrogens is 1. The van der Waals surface area contributed by atoms with Gasteiger partial charge in [0.15, 0.2) is 15.2 Å². The Morgan fingerprint density at radius 3 is 3.00 bits per heavy atom. The van der Waals surface area contributed by atoms with Crippen molar-refractivity contribution in [3.63, 3.8) is 0 Å². The van der Waals surface area contributed by atoms with Crippen molar-refractivity contribution in [1.29, 1.82) is 0 Å². The van der Waals surface area contributed by atoms with Gasteiger partial charge in [-0.1, -0.05) is 36.3 Å². The van der Waals surface area contributed by atoms with E-state index in [1.54, 1.807) is 0 Å². The largest absolute Gasteiger partial charge is 0.465 e. The molecule has 1 aromatic rings. The molecule has 1 aromatic heterocycles. The Labute approximate surface area is 97.6 Å².